The summed E-state index contributed by atoms with van der Waals surface area (Å²) in [6.07, 6.45) is 0.743. The number of pyridine rings is 1. The number of carbonyl (C=O) groups is 1. The van der Waals surface area contributed by atoms with Crippen molar-refractivity contribution in [2.45, 2.75) is 39.2 Å². The summed E-state index contributed by atoms with van der Waals surface area (Å²) < 4.78 is 0. The van der Waals surface area contributed by atoms with Crippen LogP contribution in [0.4, 0.5) is 5.82 Å². The summed E-state index contributed by atoms with van der Waals surface area (Å²) in [6, 6.07) is 2.96. The van der Waals surface area contributed by atoms with E-state index < -0.39 is 5.97 Å². The number of carboxylic acids is 1. The molecular formula is C13H20N2O3. The van der Waals surface area contributed by atoms with E-state index >= 15 is 0 Å². The quantitative estimate of drug-likeness (QED) is 0.722. The molecular weight excluding hydrogens is 232 g/mol. The fourth-order valence-corrected chi connectivity index (χ4v) is 1.53. The van der Waals surface area contributed by atoms with E-state index in [1.54, 1.807) is 6.07 Å². The van der Waals surface area contributed by atoms with Crippen molar-refractivity contribution in [3.63, 3.8) is 0 Å². The van der Waals surface area contributed by atoms with Crippen LogP contribution in [0.5, 0.6) is 0 Å². The molecule has 1 heterocycles. The van der Waals surface area contributed by atoms with Gasteiger partial charge in [0.05, 0.1) is 18.2 Å². The maximum atomic E-state index is 11.0. The first kappa shape index (κ1) is 14.4. The highest BCUT2D eigenvalue weighted by molar-refractivity contribution is 5.88. The van der Waals surface area contributed by atoms with Crippen molar-refractivity contribution in [1.82, 2.24) is 4.98 Å². The summed E-state index contributed by atoms with van der Waals surface area (Å²) in [5, 5.41) is 21.2. The molecule has 0 fully saturated rings. The molecule has 0 saturated heterocycles. The van der Waals surface area contributed by atoms with Crippen LogP contribution in [-0.2, 0) is 0 Å². The van der Waals surface area contributed by atoms with Crippen LogP contribution in [0.3, 0.4) is 0 Å². The van der Waals surface area contributed by atoms with Crippen molar-refractivity contribution >= 4 is 11.8 Å². The average molecular weight is 252 g/mol. The third kappa shape index (κ3) is 3.70. The molecule has 0 saturated carbocycles. The maximum absolute atomic E-state index is 11.0. The van der Waals surface area contributed by atoms with E-state index in [-0.39, 0.29) is 24.1 Å². The van der Waals surface area contributed by atoms with Gasteiger partial charge in [0.2, 0.25) is 0 Å². The number of carboxylic acid groups (broad SMARTS) is 1. The number of aromatic carboxylic acids is 1. The molecule has 1 atom stereocenters. The number of hydrogen-bond donors (Lipinski definition) is 3. The number of aliphatic hydroxyl groups is 1. The second kappa shape index (κ2) is 6.35. The fourth-order valence-electron chi connectivity index (χ4n) is 1.53. The van der Waals surface area contributed by atoms with Crippen LogP contribution in [0.2, 0.25) is 0 Å². The topological polar surface area (TPSA) is 82.5 Å². The Kier molecular flexibility index (Phi) is 5.09. The second-order valence-corrected chi connectivity index (χ2v) is 4.56. The molecule has 1 rings (SSSR count). The van der Waals surface area contributed by atoms with Crippen molar-refractivity contribution in [2.75, 3.05) is 11.9 Å². The van der Waals surface area contributed by atoms with Crippen molar-refractivity contribution in [2.24, 2.45) is 0 Å². The molecule has 5 nitrogen and oxygen atoms in total. The van der Waals surface area contributed by atoms with Gasteiger partial charge in [0.25, 0.3) is 0 Å². The summed E-state index contributed by atoms with van der Waals surface area (Å²) in [5.41, 5.74) is 0.939. The summed E-state index contributed by atoms with van der Waals surface area (Å²) in [7, 11) is 0. The molecule has 0 bridgehead atoms. The lowest BCUT2D eigenvalue weighted by atomic mass is 10.1. The van der Waals surface area contributed by atoms with Crippen molar-refractivity contribution in [1.29, 1.82) is 0 Å². The summed E-state index contributed by atoms with van der Waals surface area (Å²) >= 11 is 0. The Morgan fingerprint density at radius 3 is 2.56 bits per heavy atom. The number of hydrogen-bond acceptors (Lipinski definition) is 4. The molecule has 1 aromatic heterocycles. The van der Waals surface area contributed by atoms with Gasteiger partial charge in [-0.1, -0.05) is 20.8 Å². The molecule has 0 aliphatic rings. The van der Waals surface area contributed by atoms with Crippen LogP contribution >= 0.6 is 0 Å². The number of rotatable bonds is 6. The average Bonchev–Trinajstić information content (AvgIpc) is 2.35. The first-order valence-electron chi connectivity index (χ1n) is 6.10. The molecule has 0 aromatic carbocycles. The third-order valence-corrected chi connectivity index (χ3v) is 2.75. The molecule has 5 heteroatoms. The van der Waals surface area contributed by atoms with Gasteiger partial charge in [-0.05, 0) is 24.5 Å². The predicted octanol–water partition coefficient (Wildman–Crippen LogP) is 2.09. The Balaban J connectivity index is 3.06. The van der Waals surface area contributed by atoms with E-state index in [0.717, 1.165) is 12.1 Å². The predicted molar refractivity (Wildman–Crippen MR) is 70.1 cm³/mol. The standard InChI is InChI=1S/C13H20N2O3/c1-4-10(7-16)14-12-6-9(13(17)18)5-11(15-12)8(2)3/h5-6,8,10,16H,4,7H2,1-3H3,(H,14,15)(H,17,18). The summed E-state index contributed by atoms with van der Waals surface area (Å²) in [5.74, 6) is -0.321. The lowest BCUT2D eigenvalue weighted by Crippen LogP contribution is -2.23. The largest absolute Gasteiger partial charge is 0.478 e. The zero-order valence-electron chi connectivity index (χ0n) is 11.0. The monoisotopic (exact) mass is 252 g/mol. The summed E-state index contributed by atoms with van der Waals surface area (Å²) in [6.45, 7) is 5.85. The molecule has 0 aliphatic carbocycles. The number of nitrogens with zero attached hydrogens (tertiary/aromatic N) is 1. The van der Waals surface area contributed by atoms with E-state index in [1.165, 1.54) is 6.07 Å². The molecule has 0 radical (unpaired) electrons. The highest BCUT2D eigenvalue weighted by Crippen LogP contribution is 2.18. The van der Waals surface area contributed by atoms with Crippen LogP contribution in [0.15, 0.2) is 12.1 Å². The van der Waals surface area contributed by atoms with Crippen LogP contribution in [0.1, 0.15) is 49.2 Å². The van der Waals surface area contributed by atoms with Gasteiger partial charge in [0, 0.05) is 5.69 Å². The van der Waals surface area contributed by atoms with Crippen molar-refractivity contribution in [3.05, 3.63) is 23.4 Å². The number of nitrogens with one attached hydrogen (secondary N) is 1. The molecule has 18 heavy (non-hydrogen) atoms. The Morgan fingerprint density at radius 2 is 2.11 bits per heavy atom. The van der Waals surface area contributed by atoms with Gasteiger partial charge in [-0.2, -0.15) is 0 Å². The molecule has 100 valence electrons. The van der Waals surface area contributed by atoms with Gasteiger partial charge >= 0.3 is 5.97 Å². The lowest BCUT2D eigenvalue weighted by Gasteiger charge is -2.16. The third-order valence-electron chi connectivity index (χ3n) is 2.75. The van der Waals surface area contributed by atoms with Gasteiger partial charge in [0.1, 0.15) is 5.82 Å². The number of aliphatic hydroxyl groups excluding tert-OH is 1. The summed E-state index contributed by atoms with van der Waals surface area (Å²) in [4.78, 5) is 15.4. The minimum atomic E-state index is -0.973. The molecule has 1 unspecified atom stereocenters. The second-order valence-electron chi connectivity index (χ2n) is 4.56. The van der Waals surface area contributed by atoms with E-state index in [0.29, 0.717) is 5.82 Å². The van der Waals surface area contributed by atoms with E-state index in [1.807, 2.05) is 20.8 Å². The zero-order chi connectivity index (χ0) is 13.7. The first-order chi connectivity index (χ1) is 8.47. The molecule has 3 N–H and O–H groups in total. The number of anilines is 1. The van der Waals surface area contributed by atoms with Gasteiger partial charge in [-0.15, -0.1) is 0 Å². The van der Waals surface area contributed by atoms with E-state index in [2.05, 4.69) is 10.3 Å². The van der Waals surface area contributed by atoms with Crippen LogP contribution < -0.4 is 5.32 Å². The zero-order valence-corrected chi connectivity index (χ0v) is 11.0. The van der Waals surface area contributed by atoms with Crippen molar-refractivity contribution in [3.8, 4) is 0 Å². The van der Waals surface area contributed by atoms with Crippen LogP contribution in [-0.4, -0.2) is 33.8 Å². The molecule has 0 spiro atoms. The maximum Gasteiger partial charge on any atom is 0.335 e. The SMILES string of the molecule is CCC(CO)Nc1cc(C(=O)O)cc(C(C)C)n1. The van der Waals surface area contributed by atoms with Gasteiger partial charge in [-0.25, -0.2) is 9.78 Å². The van der Waals surface area contributed by atoms with Gasteiger partial charge in [-0.3, -0.25) is 0 Å². The Labute approximate surface area is 107 Å². The highest BCUT2D eigenvalue weighted by Gasteiger charge is 2.12. The van der Waals surface area contributed by atoms with Gasteiger partial charge < -0.3 is 15.5 Å². The van der Waals surface area contributed by atoms with Gasteiger partial charge in [0.15, 0.2) is 0 Å². The number of aromatic nitrogens is 1. The minimum absolute atomic E-state index is 0.00745. The molecule has 0 aliphatic heterocycles. The Morgan fingerprint density at radius 1 is 1.44 bits per heavy atom. The normalized spacial score (nSPS) is 12.5. The van der Waals surface area contributed by atoms with Crippen LogP contribution in [0, 0.1) is 0 Å². The van der Waals surface area contributed by atoms with E-state index in [4.69, 9.17) is 10.2 Å². The fraction of sp³-hybridized carbons (Fsp3) is 0.538. The van der Waals surface area contributed by atoms with Crippen LogP contribution in [0.25, 0.3) is 0 Å². The smallest absolute Gasteiger partial charge is 0.335 e. The highest BCUT2D eigenvalue weighted by atomic mass is 16.4. The molecule has 1 aromatic rings. The Bertz CT molecular complexity index is 415. The lowest BCUT2D eigenvalue weighted by molar-refractivity contribution is 0.0696. The minimum Gasteiger partial charge on any atom is -0.478 e. The van der Waals surface area contributed by atoms with E-state index in [9.17, 15) is 4.79 Å². The van der Waals surface area contributed by atoms with Crippen molar-refractivity contribution < 1.29 is 15.0 Å². The first-order valence-corrected chi connectivity index (χ1v) is 6.10. The Hall–Kier alpha value is -1.62. The molecule has 0 amide bonds.